The molecule has 0 atom stereocenters. The monoisotopic (exact) mass is 415 g/mol. The van der Waals surface area contributed by atoms with E-state index in [1.165, 1.54) is 0 Å². The summed E-state index contributed by atoms with van der Waals surface area (Å²) in [6.07, 6.45) is 2.18. The van der Waals surface area contributed by atoms with E-state index in [-0.39, 0.29) is 6.09 Å². The molecule has 1 amide bonds. The molecule has 1 N–H and O–H groups in total. The van der Waals surface area contributed by atoms with Gasteiger partial charge < -0.3 is 15.0 Å². The molecule has 154 valence electrons. The van der Waals surface area contributed by atoms with E-state index in [9.17, 15) is 9.00 Å². The summed E-state index contributed by atoms with van der Waals surface area (Å²) in [5.41, 5.74) is 3.13. The van der Waals surface area contributed by atoms with Gasteiger partial charge in [-0.3, -0.25) is 0 Å². The Labute approximate surface area is 175 Å². The number of nitrogens with one attached hydrogen (secondary N) is 1. The first kappa shape index (κ1) is 21.1. The Bertz CT molecular complexity index is 907. The number of hydrogen-bond acceptors (Lipinski definition) is 6. The van der Waals surface area contributed by atoms with Crippen LogP contribution in [0.25, 0.3) is 0 Å². The van der Waals surface area contributed by atoms with Crippen molar-refractivity contribution < 1.29 is 13.7 Å². The highest BCUT2D eigenvalue weighted by Gasteiger charge is 2.34. The molecule has 0 aliphatic carbocycles. The highest BCUT2D eigenvalue weighted by Crippen LogP contribution is 2.25. The zero-order valence-electron chi connectivity index (χ0n) is 17.5. The second kappa shape index (κ2) is 8.02. The van der Waals surface area contributed by atoms with Crippen LogP contribution in [-0.4, -0.2) is 33.1 Å². The van der Waals surface area contributed by atoms with Crippen LogP contribution in [0, 0.1) is 0 Å². The minimum atomic E-state index is -0.527. The molecule has 0 spiro atoms. The van der Waals surface area contributed by atoms with Crippen molar-refractivity contribution in [2.24, 2.45) is 0 Å². The number of ether oxygens (including phenoxy) is 1. The summed E-state index contributed by atoms with van der Waals surface area (Å²) in [7, 11) is 0. The Morgan fingerprint density at radius 1 is 1.17 bits per heavy atom. The molecule has 29 heavy (non-hydrogen) atoms. The van der Waals surface area contributed by atoms with Crippen molar-refractivity contribution in [2.45, 2.75) is 57.9 Å². The van der Waals surface area contributed by atoms with Crippen LogP contribution < -0.4 is 5.32 Å². The molecule has 0 saturated heterocycles. The summed E-state index contributed by atoms with van der Waals surface area (Å²) >= 11 is 0.574. The number of carbonyl (C=O) groups is 1. The van der Waals surface area contributed by atoms with Gasteiger partial charge in [0.2, 0.25) is 5.95 Å². The van der Waals surface area contributed by atoms with Gasteiger partial charge in [0.1, 0.15) is 5.60 Å². The van der Waals surface area contributed by atoms with Crippen molar-refractivity contribution in [1.29, 1.82) is 0 Å². The zero-order chi connectivity index (χ0) is 21.2. The fraction of sp³-hybridized carbons (Fsp3) is 0.476. The zero-order valence-corrected chi connectivity index (χ0v) is 18.3. The quantitative estimate of drug-likeness (QED) is 0.754. The fourth-order valence-electron chi connectivity index (χ4n) is 2.98. The number of hydrogen-bond donors (Lipinski definition) is 1. The van der Waals surface area contributed by atoms with Crippen LogP contribution in [0.3, 0.4) is 0 Å². The van der Waals surface area contributed by atoms with Crippen LogP contribution in [0.1, 0.15) is 51.4 Å². The summed E-state index contributed by atoms with van der Waals surface area (Å²) in [6.45, 7) is 10.4. The number of fused-ring (bicyclic) bond motifs is 1. The Balaban J connectivity index is 1.72. The second-order valence-electron chi connectivity index (χ2n) is 8.61. The van der Waals surface area contributed by atoms with Crippen molar-refractivity contribution in [2.75, 3.05) is 11.9 Å². The average Bonchev–Trinajstić information content (AvgIpc) is 2.66. The lowest BCUT2D eigenvalue weighted by Crippen LogP contribution is -2.40. The second-order valence-corrected chi connectivity index (χ2v) is 9.80. The molecule has 1 aliphatic heterocycles. The summed E-state index contributed by atoms with van der Waals surface area (Å²) < 4.78 is 16.2. The predicted molar refractivity (Wildman–Crippen MR) is 113 cm³/mol. The maximum Gasteiger partial charge on any atom is 0.469 e. The number of aromatic nitrogens is 2. The predicted octanol–water partition coefficient (Wildman–Crippen LogP) is 4.18. The molecule has 1 aromatic carbocycles. The van der Waals surface area contributed by atoms with Gasteiger partial charge in [0, 0.05) is 42.0 Å². The standard InChI is InChI=1S/C21H27N4O3S/c1-20(2,3)28-19(26)25-11-10-14-12-22-18(24-17(14)13-25)23-16-8-6-15(7-9-16)21(4,5)29-27/h6-9,12H,10-11,13H2,1-5H3,(H,22,23,24)/q+1. The third-order valence-electron chi connectivity index (χ3n) is 4.64. The molecule has 8 heteroatoms. The minimum absolute atomic E-state index is 0.328. The molecule has 0 bridgehead atoms. The molecule has 0 unspecified atom stereocenters. The SMILES string of the molecule is CC(C)(C)OC(=O)N1CCc2cnc(Nc3ccc(C(C)(C)[S+]=O)cc3)nc2C1. The van der Waals surface area contributed by atoms with Gasteiger partial charge in [0.25, 0.3) is 4.75 Å². The Kier molecular flexibility index (Phi) is 5.84. The first-order valence-electron chi connectivity index (χ1n) is 9.59. The third-order valence-corrected chi connectivity index (χ3v) is 5.29. The lowest BCUT2D eigenvalue weighted by molar-refractivity contribution is 0.0220. The summed E-state index contributed by atoms with van der Waals surface area (Å²) in [6, 6.07) is 7.66. The van der Waals surface area contributed by atoms with Gasteiger partial charge in [0.05, 0.1) is 12.2 Å². The van der Waals surface area contributed by atoms with Crippen molar-refractivity contribution in [3.8, 4) is 0 Å². The molecule has 3 rings (SSSR count). The Hall–Kier alpha value is -2.61. The van der Waals surface area contributed by atoms with E-state index in [1.54, 1.807) is 4.90 Å². The molecule has 0 fully saturated rings. The van der Waals surface area contributed by atoms with E-state index in [4.69, 9.17) is 4.74 Å². The maximum atomic E-state index is 12.4. The molecule has 2 aromatic rings. The van der Waals surface area contributed by atoms with Gasteiger partial charge in [-0.15, -0.1) is 0 Å². The normalized spacial score (nSPS) is 14.2. The number of anilines is 2. The largest absolute Gasteiger partial charge is 0.469 e. The van der Waals surface area contributed by atoms with Gasteiger partial charge in [0.15, 0.2) is 0 Å². The van der Waals surface area contributed by atoms with Gasteiger partial charge in [-0.2, -0.15) is 0 Å². The van der Waals surface area contributed by atoms with Crippen LogP contribution in [0.2, 0.25) is 0 Å². The third kappa shape index (κ3) is 5.26. The van der Waals surface area contributed by atoms with Crippen LogP contribution in [0.15, 0.2) is 30.5 Å². The summed E-state index contributed by atoms with van der Waals surface area (Å²) in [5.74, 6) is 0.472. The highest BCUT2D eigenvalue weighted by molar-refractivity contribution is 7.66. The minimum Gasteiger partial charge on any atom is -0.444 e. The van der Waals surface area contributed by atoms with Gasteiger partial charge in [-0.25, -0.2) is 14.8 Å². The van der Waals surface area contributed by atoms with Crippen molar-refractivity contribution in [3.63, 3.8) is 0 Å². The fourth-order valence-corrected chi connectivity index (χ4v) is 3.21. The lowest BCUT2D eigenvalue weighted by atomic mass is 10.0. The van der Waals surface area contributed by atoms with E-state index >= 15 is 0 Å². The number of carbonyl (C=O) groups excluding carboxylic acids is 1. The first-order valence-corrected chi connectivity index (χ1v) is 10.3. The highest BCUT2D eigenvalue weighted by atomic mass is 32.1. The molecule has 7 nitrogen and oxygen atoms in total. The van der Waals surface area contributed by atoms with Crippen molar-refractivity contribution in [3.05, 3.63) is 47.3 Å². The topological polar surface area (TPSA) is 84.4 Å². The van der Waals surface area contributed by atoms with Crippen LogP contribution in [0.5, 0.6) is 0 Å². The molecular weight excluding hydrogens is 388 g/mol. The lowest BCUT2D eigenvalue weighted by Gasteiger charge is -2.30. The van der Waals surface area contributed by atoms with Crippen molar-refractivity contribution >= 4 is 29.4 Å². The molecule has 2 heterocycles. The number of rotatable bonds is 4. The number of benzene rings is 1. The van der Waals surface area contributed by atoms with E-state index in [0.717, 1.165) is 22.5 Å². The maximum absolute atomic E-state index is 12.4. The van der Waals surface area contributed by atoms with Crippen LogP contribution in [-0.2, 0) is 38.3 Å². The van der Waals surface area contributed by atoms with Crippen LogP contribution >= 0.6 is 0 Å². The Morgan fingerprint density at radius 3 is 2.48 bits per heavy atom. The summed E-state index contributed by atoms with van der Waals surface area (Å²) in [5, 5.41) is 3.19. The van der Waals surface area contributed by atoms with Crippen molar-refractivity contribution in [1.82, 2.24) is 14.9 Å². The molecular formula is C21H27N4O3S+. The average molecular weight is 416 g/mol. The van der Waals surface area contributed by atoms with E-state index in [2.05, 4.69) is 15.3 Å². The van der Waals surface area contributed by atoms with E-state index in [1.807, 2.05) is 65.1 Å². The summed E-state index contributed by atoms with van der Waals surface area (Å²) in [4.78, 5) is 23.0. The van der Waals surface area contributed by atoms with E-state index in [0.29, 0.717) is 37.1 Å². The number of amides is 1. The van der Waals surface area contributed by atoms with Gasteiger partial charge in [-0.1, -0.05) is 12.1 Å². The van der Waals surface area contributed by atoms with E-state index < -0.39 is 10.3 Å². The molecule has 0 saturated carbocycles. The molecule has 1 aromatic heterocycles. The Morgan fingerprint density at radius 2 is 1.86 bits per heavy atom. The molecule has 1 aliphatic rings. The smallest absolute Gasteiger partial charge is 0.444 e. The van der Waals surface area contributed by atoms with Gasteiger partial charge in [-0.05, 0) is 44.9 Å². The first-order chi connectivity index (χ1) is 13.6. The van der Waals surface area contributed by atoms with Gasteiger partial charge >= 0.3 is 17.8 Å². The molecule has 0 radical (unpaired) electrons. The van der Waals surface area contributed by atoms with Crippen LogP contribution in [0.4, 0.5) is 16.4 Å². The number of nitrogens with zero attached hydrogens (tertiary/aromatic N) is 3.